The Balaban J connectivity index is 2.57. The van der Waals surface area contributed by atoms with Crippen LogP contribution in [0.25, 0.3) is 0 Å². The highest BCUT2D eigenvalue weighted by Gasteiger charge is 2.27. The smallest absolute Gasteiger partial charge is 0.323 e. The van der Waals surface area contributed by atoms with Gasteiger partial charge < -0.3 is 14.7 Å². The molecule has 1 aliphatic rings. The number of carboxylic acid groups (broad SMARTS) is 1. The Morgan fingerprint density at radius 1 is 1.50 bits per heavy atom. The van der Waals surface area contributed by atoms with E-state index in [4.69, 9.17) is 9.84 Å². The average Bonchev–Trinajstić information content (AvgIpc) is 2.28. The van der Waals surface area contributed by atoms with Crippen LogP contribution in [0.5, 0.6) is 0 Å². The van der Waals surface area contributed by atoms with Gasteiger partial charge in [0.2, 0.25) is 0 Å². The van der Waals surface area contributed by atoms with E-state index in [1.54, 1.807) is 0 Å². The van der Waals surface area contributed by atoms with E-state index < -0.39 is 12.1 Å². The summed E-state index contributed by atoms with van der Waals surface area (Å²) in [5.41, 5.74) is 0. The highest BCUT2D eigenvalue weighted by Crippen LogP contribution is 2.15. The van der Waals surface area contributed by atoms with Crippen molar-refractivity contribution in [2.75, 3.05) is 19.7 Å². The number of carbonyl (C=O) groups is 2. The summed E-state index contributed by atoms with van der Waals surface area (Å²) in [6.45, 7) is 4.02. The third-order valence-electron chi connectivity index (χ3n) is 2.44. The van der Waals surface area contributed by atoms with E-state index in [0.717, 1.165) is 12.8 Å². The first kappa shape index (κ1) is 12.7. The van der Waals surface area contributed by atoms with E-state index in [2.05, 4.69) is 6.58 Å². The lowest BCUT2D eigenvalue weighted by Crippen LogP contribution is -2.44. The van der Waals surface area contributed by atoms with Crippen molar-refractivity contribution in [3.05, 3.63) is 12.7 Å². The molecule has 1 atom stereocenters. The second-order valence-electron chi connectivity index (χ2n) is 3.76. The number of ether oxygens (including phenoxy) is 1. The van der Waals surface area contributed by atoms with E-state index in [9.17, 15) is 9.59 Å². The summed E-state index contributed by atoms with van der Waals surface area (Å²) in [6, 6.07) is 0. The number of rotatable bonds is 5. The molecule has 1 saturated heterocycles. The van der Waals surface area contributed by atoms with Gasteiger partial charge in [0.25, 0.3) is 5.91 Å². The maximum absolute atomic E-state index is 11.9. The molecule has 1 rings (SSSR count). The van der Waals surface area contributed by atoms with Gasteiger partial charge in [0.15, 0.2) is 0 Å². The Morgan fingerprint density at radius 3 is 2.75 bits per heavy atom. The lowest BCUT2D eigenvalue weighted by atomic mass is 10.1. The van der Waals surface area contributed by atoms with Crippen LogP contribution in [0, 0.1) is 0 Å². The van der Waals surface area contributed by atoms with Crippen molar-refractivity contribution in [2.24, 2.45) is 0 Å². The summed E-state index contributed by atoms with van der Waals surface area (Å²) in [5.74, 6) is -1.27. The summed E-state index contributed by atoms with van der Waals surface area (Å²) in [6.07, 6.45) is 3.62. The van der Waals surface area contributed by atoms with Crippen LogP contribution < -0.4 is 0 Å². The third-order valence-corrected chi connectivity index (χ3v) is 2.44. The fourth-order valence-corrected chi connectivity index (χ4v) is 1.69. The average molecular weight is 227 g/mol. The molecular formula is C11H17NO4. The van der Waals surface area contributed by atoms with Crippen LogP contribution in [-0.2, 0) is 14.3 Å². The Bertz CT molecular complexity index is 271. The highest BCUT2D eigenvalue weighted by molar-refractivity contribution is 5.84. The Kier molecular flexibility index (Phi) is 4.98. The maximum Gasteiger partial charge on any atom is 0.323 e. The topological polar surface area (TPSA) is 66.8 Å². The van der Waals surface area contributed by atoms with E-state index in [1.165, 1.54) is 11.0 Å². The van der Waals surface area contributed by atoms with Gasteiger partial charge in [-0.3, -0.25) is 9.59 Å². The van der Waals surface area contributed by atoms with Gasteiger partial charge in [-0.15, -0.1) is 6.58 Å². The maximum atomic E-state index is 11.9. The normalized spacial score (nSPS) is 20.1. The molecule has 1 aliphatic heterocycles. The van der Waals surface area contributed by atoms with Gasteiger partial charge in [0.05, 0.1) is 0 Å². The molecule has 0 radical (unpaired) electrons. The standard InChI is InChI=1S/C11H17NO4/c1-2-6-12(8-10(13)14)11(15)9-5-3-4-7-16-9/h2,9H,1,3-8H2,(H,13,14). The molecule has 0 aromatic rings. The monoisotopic (exact) mass is 227 g/mol. The molecule has 90 valence electrons. The van der Waals surface area contributed by atoms with Gasteiger partial charge in [-0.1, -0.05) is 6.08 Å². The molecule has 1 amide bonds. The molecule has 0 aromatic heterocycles. The molecule has 0 saturated carbocycles. The van der Waals surface area contributed by atoms with Crippen molar-refractivity contribution in [2.45, 2.75) is 25.4 Å². The van der Waals surface area contributed by atoms with E-state index in [-0.39, 0.29) is 19.0 Å². The van der Waals surface area contributed by atoms with E-state index >= 15 is 0 Å². The number of aliphatic carboxylic acids is 1. The lowest BCUT2D eigenvalue weighted by molar-refractivity contribution is -0.152. The first-order chi connectivity index (χ1) is 7.65. The number of hydrogen-bond donors (Lipinski definition) is 1. The van der Waals surface area contributed by atoms with Crippen molar-refractivity contribution >= 4 is 11.9 Å². The number of hydrogen-bond acceptors (Lipinski definition) is 3. The molecule has 5 heteroatoms. The van der Waals surface area contributed by atoms with Crippen molar-refractivity contribution < 1.29 is 19.4 Å². The molecule has 0 aromatic carbocycles. The summed E-state index contributed by atoms with van der Waals surface area (Å²) in [5, 5.41) is 8.69. The molecular weight excluding hydrogens is 210 g/mol. The van der Waals surface area contributed by atoms with Crippen molar-refractivity contribution in [1.29, 1.82) is 0 Å². The van der Waals surface area contributed by atoms with Gasteiger partial charge in [-0.2, -0.15) is 0 Å². The molecule has 0 spiro atoms. The number of amides is 1. The first-order valence-corrected chi connectivity index (χ1v) is 5.38. The second kappa shape index (κ2) is 6.27. The summed E-state index contributed by atoms with van der Waals surface area (Å²) in [4.78, 5) is 23.8. The van der Waals surface area contributed by atoms with Crippen LogP contribution in [0.3, 0.4) is 0 Å². The highest BCUT2D eigenvalue weighted by atomic mass is 16.5. The van der Waals surface area contributed by atoms with Crippen molar-refractivity contribution in [1.82, 2.24) is 4.90 Å². The van der Waals surface area contributed by atoms with Crippen LogP contribution in [0.4, 0.5) is 0 Å². The summed E-state index contributed by atoms with van der Waals surface area (Å²) in [7, 11) is 0. The molecule has 0 bridgehead atoms. The van der Waals surface area contributed by atoms with Gasteiger partial charge in [0, 0.05) is 13.2 Å². The Labute approximate surface area is 94.7 Å². The summed E-state index contributed by atoms with van der Waals surface area (Å²) < 4.78 is 5.33. The van der Waals surface area contributed by atoms with Gasteiger partial charge in [0.1, 0.15) is 12.6 Å². The minimum atomic E-state index is -1.02. The quantitative estimate of drug-likeness (QED) is 0.700. The molecule has 0 aliphatic carbocycles. The minimum Gasteiger partial charge on any atom is -0.480 e. The van der Waals surface area contributed by atoms with Crippen molar-refractivity contribution in [3.63, 3.8) is 0 Å². The zero-order valence-corrected chi connectivity index (χ0v) is 9.22. The van der Waals surface area contributed by atoms with Gasteiger partial charge in [-0.25, -0.2) is 0 Å². The zero-order valence-electron chi connectivity index (χ0n) is 9.22. The minimum absolute atomic E-state index is 0.241. The van der Waals surface area contributed by atoms with Crippen LogP contribution in [0.15, 0.2) is 12.7 Å². The molecule has 5 nitrogen and oxygen atoms in total. The third kappa shape index (κ3) is 3.66. The lowest BCUT2D eigenvalue weighted by Gasteiger charge is -2.27. The Morgan fingerprint density at radius 2 is 2.25 bits per heavy atom. The molecule has 1 N–H and O–H groups in total. The predicted octanol–water partition coefficient (Wildman–Crippen LogP) is 0.655. The fourth-order valence-electron chi connectivity index (χ4n) is 1.69. The molecule has 1 fully saturated rings. The van der Waals surface area contributed by atoms with Crippen LogP contribution in [0.2, 0.25) is 0 Å². The van der Waals surface area contributed by atoms with Crippen molar-refractivity contribution in [3.8, 4) is 0 Å². The predicted molar refractivity (Wildman–Crippen MR) is 58.0 cm³/mol. The van der Waals surface area contributed by atoms with E-state index in [0.29, 0.717) is 13.0 Å². The number of carboxylic acids is 1. The Hall–Kier alpha value is -1.36. The fraction of sp³-hybridized carbons (Fsp3) is 0.636. The van der Waals surface area contributed by atoms with E-state index in [1.807, 2.05) is 0 Å². The van der Waals surface area contributed by atoms with Crippen LogP contribution >= 0.6 is 0 Å². The van der Waals surface area contributed by atoms with Crippen LogP contribution in [0.1, 0.15) is 19.3 Å². The molecule has 16 heavy (non-hydrogen) atoms. The largest absolute Gasteiger partial charge is 0.480 e. The zero-order chi connectivity index (χ0) is 12.0. The number of nitrogens with zero attached hydrogens (tertiary/aromatic N) is 1. The van der Waals surface area contributed by atoms with Crippen LogP contribution in [-0.4, -0.2) is 47.7 Å². The first-order valence-electron chi connectivity index (χ1n) is 5.38. The van der Waals surface area contributed by atoms with Gasteiger partial charge >= 0.3 is 5.97 Å². The number of carbonyl (C=O) groups excluding carboxylic acids is 1. The molecule has 1 heterocycles. The SMILES string of the molecule is C=CCN(CC(=O)O)C(=O)C1CCCCO1. The summed E-state index contributed by atoms with van der Waals surface area (Å²) >= 11 is 0. The van der Waals surface area contributed by atoms with Gasteiger partial charge in [-0.05, 0) is 19.3 Å². The second-order valence-corrected chi connectivity index (χ2v) is 3.76. The molecule has 1 unspecified atom stereocenters.